The highest BCUT2D eigenvalue weighted by Gasteiger charge is 2.27. The summed E-state index contributed by atoms with van der Waals surface area (Å²) in [6.45, 7) is 0. The summed E-state index contributed by atoms with van der Waals surface area (Å²) in [6, 6.07) is 2.69. The molecule has 1 nitrogen and oxygen atoms in total. The standard InChI is InChI=1S/C10H14BrNS2/c1-12-9(7-2-4-13-6-7)10-8(11)3-5-14-10/h3,5,7,9,12H,2,4,6H2,1H3. The van der Waals surface area contributed by atoms with Gasteiger partial charge in [-0.25, -0.2) is 0 Å². The summed E-state index contributed by atoms with van der Waals surface area (Å²) in [6.07, 6.45) is 1.35. The van der Waals surface area contributed by atoms with Crippen molar-refractivity contribution in [2.24, 2.45) is 5.92 Å². The average molecular weight is 292 g/mol. The van der Waals surface area contributed by atoms with Crippen molar-refractivity contribution in [2.75, 3.05) is 18.6 Å². The summed E-state index contributed by atoms with van der Waals surface area (Å²) in [5.41, 5.74) is 0. The second-order valence-electron chi connectivity index (χ2n) is 3.52. The van der Waals surface area contributed by atoms with Crippen LogP contribution in [0.4, 0.5) is 0 Å². The van der Waals surface area contributed by atoms with Crippen LogP contribution in [0.3, 0.4) is 0 Å². The van der Waals surface area contributed by atoms with Gasteiger partial charge in [0.2, 0.25) is 0 Å². The number of thiophene rings is 1. The molecule has 78 valence electrons. The van der Waals surface area contributed by atoms with Crippen molar-refractivity contribution in [2.45, 2.75) is 12.5 Å². The molecule has 0 aliphatic carbocycles. The van der Waals surface area contributed by atoms with Crippen molar-refractivity contribution in [3.63, 3.8) is 0 Å². The second kappa shape index (κ2) is 5.01. The van der Waals surface area contributed by atoms with Crippen LogP contribution in [-0.2, 0) is 0 Å². The Morgan fingerprint density at radius 1 is 1.64 bits per heavy atom. The van der Waals surface area contributed by atoms with Gasteiger partial charge in [0.15, 0.2) is 0 Å². The van der Waals surface area contributed by atoms with Crippen LogP contribution in [-0.4, -0.2) is 18.6 Å². The minimum absolute atomic E-state index is 0.541. The van der Waals surface area contributed by atoms with Gasteiger partial charge >= 0.3 is 0 Å². The molecule has 2 atom stereocenters. The van der Waals surface area contributed by atoms with Crippen LogP contribution in [0.1, 0.15) is 17.3 Å². The zero-order valence-electron chi connectivity index (χ0n) is 8.13. The average Bonchev–Trinajstić information content (AvgIpc) is 2.80. The first kappa shape index (κ1) is 11.0. The molecule has 2 rings (SSSR count). The lowest BCUT2D eigenvalue weighted by Crippen LogP contribution is -2.24. The molecule has 1 saturated heterocycles. The van der Waals surface area contributed by atoms with E-state index in [1.54, 1.807) is 0 Å². The molecule has 4 heteroatoms. The van der Waals surface area contributed by atoms with E-state index in [0.29, 0.717) is 6.04 Å². The lowest BCUT2D eigenvalue weighted by Gasteiger charge is -2.21. The molecular formula is C10H14BrNS2. The highest BCUT2D eigenvalue weighted by atomic mass is 79.9. The van der Waals surface area contributed by atoms with E-state index in [0.717, 1.165) is 5.92 Å². The quantitative estimate of drug-likeness (QED) is 0.914. The lowest BCUT2D eigenvalue weighted by atomic mass is 9.98. The summed E-state index contributed by atoms with van der Waals surface area (Å²) in [7, 11) is 2.07. The summed E-state index contributed by atoms with van der Waals surface area (Å²) in [5, 5.41) is 5.61. The zero-order chi connectivity index (χ0) is 9.97. The van der Waals surface area contributed by atoms with Gasteiger partial charge in [0.1, 0.15) is 0 Å². The molecule has 0 radical (unpaired) electrons. The van der Waals surface area contributed by atoms with Crippen molar-refractivity contribution < 1.29 is 0 Å². The summed E-state index contributed by atoms with van der Waals surface area (Å²) in [4.78, 5) is 1.46. The first-order valence-electron chi connectivity index (χ1n) is 4.81. The second-order valence-corrected chi connectivity index (χ2v) is 6.47. The summed E-state index contributed by atoms with van der Waals surface area (Å²) >= 11 is 7.55. The van der Waals surface area contributed by atoms with E-state index in [4.69, 9.17) is 0 Å². The predicted molar refractivity (Wildman–Crippen MR) is 69.3 cm³/mol. The molecule has 0 amide bonds. The normalized spacial score (nSPS) is 24.0. The van der Waals surface area contributed by atoms with Crippen LogP contribution in [0.25, 0.3) is 0 Å². The maximum atomic E-state index is 3.62. The smallest absolute Gasteiger partial charge is 0.0460 e. The van der Waals surface area contributed by atoms with Gasteiger partial charge in [-0.3, -0.25) is 0 Å². The Balaban J connectivity index is 2.16. The van der Waals surface area contributed by atoms with E-state index in [9.17, 15) is 0 Å². The third-order valence-corrected chi connectivity index (χ3v) is 5.82. The van der Waals surface area contributed by atoms with Crippen molar-refractivity contribution in [1.82, 2.24) is 5.32 Å². The van der Waals surface area contributed by atoms with Crippen LogP contribution in [0.15, 0.2) is 15.9 Å². The number of halogens is 1. The van der Waals surface area contributed by atoms with Gasteiger partial charge in [-0.2, -0.15) is 11.8 Å². The molecule has 14 heavy (non-hydrogen) atoms. The van der Waals surface area contributed by atoms with Crippen LogP contribution < -0.4 is 5.32 Å². The number of thioether (sulfide) groups is 1. The fourth-order valence-electron chi connectivity index (χ4n) is 1.92. The van der Waals surface area contributed by atoms with Crippen molar-refractivity contribution >= 4 is 39.0 Å². The van der Waals surface area contributed by atoms with Crippen molar-refractivity contribution in [3.05, 3.63) is 20.8 Å². The Morgan fingerprint density at radius 2 is 2.50 bits per heavy atom. The molecule has 0 aromatic carbocycles. The van der Waals surface area contributed by atoms with Crippen molar-refractivity contribution in [1.29, 1.82) is 0 Å². The monoisotopic (exact) mass is 291 g/mol. The Hall–Kier alpha value is 0.490. The molecule has 1 N–H and O–H groups in total. The van der Waals surface area contributed by atoms with Gasteiger partial charge in [0, 0.05) is 15.4 Å². The lowest BCUT2D eigenvalue weighted by molar-refractivity contribution is 0.425. The van der Waals surface area contributed by atoms with Gasteiger partial charge < -0.3 is 5.32 Å². The molecule has 0 spiro atoms. The van der Waals surface area contributed by atoms with Crippen LogP contribution >= 0.6 is 39.0 Å². The molecule has 1 aliphatic heterocycles. The molecule has 1 aromatic heterocycles. The number of hydrogen-bond donors (Lipinski definition) is 1. The Kier molecular flexibility index (Phi) is 3.93. The summed E-state index contributed by atoms with van der Waals surface area (Å²) < 4.78 is 1.26. The van der Waals surface area contributed by atoms with E-state index in [2.05, 4.69) is 51.5 Å². The first-order valence-corrected chi connectivity index (χ1v) is 7.63. The van der Waals surface area contributed by atoms with E-state index < -0.39 is 0 Å². The third kappa shape index (κ3) is 2.18. The fraction of sp³-hybridized carbons (Fsp3) is 0.600. The predicted octanol–water partition coefficient (Wildman–Crippen LogP) is 3.52. The minimum Gasteiger partial charge on any atom is -0.312 e. The molecular weight excluding hydrogens is 278 g/mol. The SMILES string of the molecule is CNC(c1sccc1Br)C1CCSC1. The summed E-state index contributed by atoms with van der Waals surface area (Å²) in [5.74, 6) is 3.43. The van der Waals surface area contributed by atoms with E-state index in [-0.39, 0.29) is 0 Å². The number of hydrogen-bond acceptors (Lipinski definition) is 3. The molecule has 2 heterocycles. The highest BCUT2D eigenvalue weighted by molar-refractivity contribution is 9.10. The maximum absolute atomic E-state index is 3.62. The number of rotatable bonds is 3. The Labute approximate surface area is 102 Å². The molecule has 2 unspecified atom stereocenters. The van der Waals surface area contributed by atoms with Crippen LogP contribution in [0.5, 0.6) is 0 Å². The van der Waals surface area contributed by atoms with Gasteiger partial charge in [0.05, 0.1) is 0 Å². The van der Waals surface area contributed by atoms with E-state index in [1.807, 2.05) is 11.3 Å². The largest absolute Gasteiger partial charge is 0.312 e. The number of nitrogens with one attached hydrogen (secondary N) is 1. The van der Waals surface area contributed by atoms with Crippen LogP contribution in [0.2, 0.25) is 0 Å². The molecule has 0 bridgehead atoms. The van der Waals surface area contributed by atoms with E-state index in [1.165, 1.54) is 27.3 Å². The van der Waals surface area contributed by atoms with Crippen LogP contribution in [0, 0.1) is 5.92 Å². The molecule has 1 aromatic rings. The van der Waals surface area contributed by atoms with Crippen molar-refractivity contribution in [3.8, 4) is 0 Å². The van der Waals surface area contributed by atoms with Gasteiger partial charge in [0.25, 0.3) is 0 Å². The van der Waals surface area contributed by atoms with Gasteiger partial charge in [-0.05, 0) is 58.3 Å². The fourth-order valence-corrected chi connectivity index (χ4v) is 5.04. The molecule has 0 saturated carbocycles. The Bertz CT molecular complexity index is 294. The maximum Gasteiger partial charge on any atom is 0.0460 e. The van der Waals surface area contributed by atoms with Gasteiger partial charge in [-0.15, -0.1) is 11.3 Å². The zero-order valence-corrected chi connectivity index (χ0v) is 11.3. The third-order valence-electron chi connectivity index (χ3n) is 2.67. The minimum atomic E-state index is 0.541. The first-order chi connectivity index (χ1) is 6.83. The topological polar surface area (TPSA) is 12.0 Å². The molecule has 1 aliphatic rings. The highest BCUT2D eigenvalue weighted by Crippen LogP contribution is 2.39. The van der Waals surface area contributed by atoms with Gasteiger partial charge in [-0.1, -0.05) is 0 Å². The van der Waals surface area contributed by atoms with E-state index >= 15 is 0 Å². The Morgan fingerprint density at radius 3 is 3.00 bits per heavy atom. The molecule has 1 fully saturated rings.